The number of nitrogens with zero attached hydrogens (tertiary/aromatic N) is 2. The predicted molar refractivity (Wildman–Crippen MR) is 13.8 cm³/mol. The lowest BCUT2D eigenvalue weighted by Crippen LogP contribution is -1.70. The van der Waals surface area contributed by atoms with E-state index >= 15 is 0 Å². The van der Waals surface area contributed by atoms with Crippen molar-refractivity contribution < 1.29 is 9.98 Å². The molecule has 0 unspecified atom stereocenters. The minimum absolute atomic E-state index is 1.66. The molecule has 6 heteroatoms. The Hall–Kier alpha value is -1.20. The van der Waals surface area contributed by atoms with Crippen molar-refractivity contribution in [1.29, 1.82) is 0 Å². The summed E-state index contributed by atoms with van der Waals surface area (Å²) in [7, 11) is 0. The summed E-state index contributed by atoms with van der Waals surface area (Å²) in [5.41, 5.74) is 0. The minimum atomic E-state index is 1.66. The zero-order valence-electron chi connectivity index (χ0n) is 2.53. The highest BCUT2D eigenvalue weighted by atomic mass is 17.3. The Bertz CT molecular complexity index is 41.5. The predicted octanol–water partition coefficient (Wildman–Crippen LogP) is 0.297. The molecular formula is N2O4. The third-order valence-electron chi connectivity index (χ3n) is 0.0942. The average Bonchev–Trinajstić information content (AvgIpc) is 1.61. The van der Waals surface area contributed by atoms with Crippen molar-refractivity contribution in [2.75, 3.05) is 0 Å². The Balaban J connectivity index is 2.66. The fourth-order valence-electron chi connectivity index (χ4n) is 0.0272. The fraction of sp³-hybridized carbons (Fsp3) is 0. The lowest BCUT2D eigenvalue weighted by atomic mass is 13.3. The van der Waals surface area contributed by atoms with Gasteiger partial charge in [0.15, 0.2) is 0 Å². The van der Waals surface area contributed by atoms with Crippen molar-refractivity contribution >= 4 is 0 Å². The Labute approximate surface area is 31.8 Å². The smallest absolute Gasteiger partial charge is 0.102 e. The number of hydrogen-bond donors (Lipinski definition) is 0. The summed E-state index contributed by atoms with van der Waals surface area (Å²) in [4.78, 5) is 23.7. The third-order valence-corrected chi connectivity index (χ3v) is 0.0942. The van der Waals surface area contributed by atoms with Gasteiger partial charge in [-0.15, -0.1) is 19.8 Å². The molecule has 0 aliphatic carbocycles. The monoisotopic (exact) mass is 92.0 g/mol. The topological polar surface area (TPSA) is 77.3 Å². The Kier molecular flexibility index (Phi) is 3.04. The van der Waals surface area contributed by atoms with E-state index in [4.69, 9.17) is 9.81 Å². The van der Waals surface area contributed by atoms with Crippen LogP contribution in [-0.2, 0) is 9.98 Å². The lowest BCUT2D eigenvalue weighted by Gasteiger charge is -1.72. The minimum Gasteiger partial charge on any atom is -0.102 e. The van der Waals surface area contributed by atoms with E-state index in [1.165, 1.54) is 0 Å². The number of hydrogen-bond acceptors (Lipinski definition) is 6. The highest BCUT2D eigenvalue weighted by Crippen LogP contribution is 1.73. The van der Waals surface area contributed by atoms with Crippen LogP contribution in [0.4, 0.5) is 0 Å². The van der Waals surface area contributed by atoms with Crippen LogP contribution in [0.15, 0.2) is 10.7 Å². The van der Waals surface area contributed by atoms with E-state index in [0.717, 1.165) is 0 Å². The molecule has 6 nitrogen and oxygen atoms in total. The quantitative estimate of drug-likeness (QED) is 0.217. The summed E-state index contributed by atoms with van der Waals surface area (Å²) >= 11 is 0. The van der Waals surface area contributed by atoms with Crippen LogP contribution in [0.3, 0.4) is 0 Å². The molecule has 0 aromatic heterocycles. The molecule has 0 aliphatic rings. The molecular weight excluding hydrogens is 92.0 g/mol. The van der Waals surface area contributed by atoms with Crippen molar-refractivity contribution in [2.45, 2.75) is 0 Å². The van der Waals surface area contributed by atoms with Crippen LogP contribution in [0.25, 0.3) is 0 Å². The summed E-state index contributed by atoms with van der Waals surface area (Å²) in [6, 6.07) is 0. The van der Waals surface area contributed by atoms with Gasteiger partial charge in [-0.05, 0) is 0 Å². The molecule has 0 spiro atoms. The zero-order valence-corrected chi connectivity index (χ0v) is 2.53. The van der Waals surface area contributed by atoms with E-state index in [-0.39, 0.29) is 0 Å². The molecule has 0 saturated carbocycles. The van der Waals surface area contributed by atoms with Gasteiger partial charge >= 0.3 is 0 Å². The van der Waals surface area contributed by atoms with E-state index in [9.17, 15) is 0 Å². The highest BCUT2D eigenvalue weighted by molar-refractivity contribution is 3.91. The second-order valence-electron chi connectivity index (χ2n) is 0.298. The van der Waals surface area contributed by atoms with Gasteiger partial charge in [-0.2, -0.15) is 0 Å². The van der Waals surface area contributed by atoms with E-state index in [1.54, 1.807) is 10.7 Å². The maximum Gasteiger partial charge on any atom is 0.204 e. The van der Waals surface area contributed by atoms with Gasteiger partial charge in [-0.1, -0.05) is 0 Å². The van der Waals surface area contributed by atoms with Crippen LogP contribution in [0.1, 0.15) is 0 Å². The van der Waals surface area contributed by atoms with Crippen LogP contribution in [0, 0.1) is 9.81 Å². The summed E-state index contributed by atoms with van der Waals surface area (Å²) in [6.07, 6.45) is 0. The largest absolute Gasteiger partial charge is 0.204 e. The Morgan fingerprint density at radius 2 is 1.33 bits per heavy atom. The van der Waals surface area contributed by atoms with Crippen molar-refractivity contribution in [2.24, 2.45) is 10.7 Å². The molecule has 0 bridgehead atoms. The summed E-state index contributed by atoms with van der Waals surface area (Å²) in [5, 5.41) is 3.32. The Morgan fingerprint density at radius 1 is 1.00 bits per heavy atom. The Morgan fingerprint density at radius 3 is 1.50 bits per heavy atom. The van der Waals surface area contributed by atoms with E-state index in [2.05, 4.69) is 9.98 Å². The lowest BCUT2D eigenvalue weighted by molar-refractivity contribution is -0.300. The second-order valence-corrected chi connectivity index (χ2v) is 0.298. The van der Waals surface area contributed by atoms with Crippen molar-refractivity contribution in [1.82, 2.24) is 0 Å². The summed E-state index contributed by atoms with van der Waals surface area (Å²) in [6.45, 7) is 0. The third kappa shape index (κ3) is 2.80. The first-order valence-corrected chi connectivity index (χ1v) is 0.897. The van der Waals surface area contributed by atoms with Gasteiger partial charge in [-0.25, -0.2) is 0 Å². The van der Waals surface area contributed by atoms with E-state index in [1.807, 2.05) is 0 Å². The van der Waals surface area contributed by atoms with Crippen molar-refractivity contribution in [3.05, 3.63) is 9.81 Å². The molecule has 0 atom stereocenters. The van der Waals surface area contributed by atoms with Crippen LogP contribution >= 0.6 is 0 Å². The van der Waals surface area contributed by atoms with Crippen LogP contribution in [-0.4, -0.2) is 0 Å². The van der Waals surface area contributed by atoms with Gasteiger partial charge in [0.1, 0.15) is 0 Å². The second kappa shape index (κ2) is 3.80. The molecule has 0 saturated heterocycles. The SMILES string of the molecule is O=NOON=O. The zero-order chi connectivity index (χ0) is 4.83. The first-order chi connectivity index (χ1) is 2.91. The van der Waals surface area contributed by atoms with Gasteiger partial charge in [0, 0.05) is 0 Å². The molecule has 0 heterocycles. The van der Waals surface area contributed by atoms with Gasteiger partial charge in [0.05, 0.1) is 0 Å². The number of rotatable bonds is 3. The van der Waals surface area contributed by atoms with Gasteiger partial charge in [0.2, 0.25) is 10.7 Å². The van der Waals surface area contributed by atoms with E-state index in [0.29, 0.717) is 0 Å². The molecule has 0 fully saturated rings. The molecule has 0 aliphatic heterocycles. The van der Waals surface area contributed by atoms with Gasteiger partial charge in [0.25, 0.3) is 0 Å². The van der Waals surface area contributed by atoms with Gasteiger partial charge in [-0.3, -0.25) is 0 Å². The molecule has 0 N–H and O–H groups in total. The van der Waals surface area contributed by atoms with Crippen molar-refractivity contribution in [3.63, 3.8) is 0 Å². The maximum atomic E-state index is 8.77. The highest BCUT2D eigenvalue weighted by Gasteiger charge is 1.71. The van der Waals surface area contributed by atoms with E-state index < -0.39 is 0 Å². The first kappa shape index (κ1) is 4.80. The first-order valence-electron chi connectivity index (χ1n) is 0.897. The van der Waals surface area contributed by atoms with Crippen LogP contribution < -0.4 is 0 Å². The van der Waals surface area contributed by atoms with Gasteiger partial charge < -0.3 is 0 Å². The molecule has 0 amide bonds. The van der Waals surface area contributed by atoms with Crippen LogP contribution in [0.2, 0.25) is 0 Å². The summed E-state index contributed by atoms with van der Waals surface area (Å²) < 4.78 is 0. The molecule has 34 valence electrons. The molecule has 0 radical (unpaired) electrons. The van der Waals surface area contributed by atoms with Crippen molar-refractivity contribution in [3.8, 4) is 0 Å². The average molecular weight is 92.0 g/mol. The summed E-state index contributed by atoms with van der Waals surface area (Å²) in [5.74, 6) is 0. The molecule has 0 aromatic carbocycles. The molecule has 0 rings (SSSR count). The maximum absolute atomic E-state index is 8.77. The normalized spacial score (nSPS) is 6.00. The molecule has 6 heavy (non-hydrogen) atoms. The van der Waals surface area contributed by atoms with Crippen LogP contribution in [0.5, 0.6) is 0 Å². The fourth-order valence-corrected chi connectivity index (χ4v) is 0.0272. The molecule has 0 aromatic rings. The standard InChI is InChI=1S/N2O4/c3-1-5-6-2-4.